The van der Waals surface area contributed by atoms with Crippen molar-refractivity contribution in [3.05, 3.63) is 59.4 Å². The molecule has 0 radical (unpaired) electrons. The van der Waals surface area contributed by atoms with E-state index in [0.29, 0.717) is 31.3 Å². The molecular formula is C21H24ClN7O2. The van der Waals surface area contributed by atoms with E-state index >= 15 is 0 Å². The molecule has 31 heavy (non-hydrogen) atoms. The molecule has 1 N–H and O–H groups in total. The van der Waals surface area contributed by atoms with Crippen LogP contribution in [0.15, 0.2) is 48.5 Å². The number of ether oxygens (including phenoxy) is 1. The molecule has 4 rings (SSSR count). The van der Waals surface area contributed by atoms with Crippen molar-refractivity contribution in [2.75, 3.05) is 38.1 Å². The maximum Gasteiger partial charge on any atom is 0.321 e. The number of tetrazole rings is 1. The van der Waals surface area contributed by atoms with Crippen LogP contribution in [0.1, 0.15) is 12.7 Å². The Bertz CT molecular complexity index is 999. The summed E-state index contributed by atoms with van der Waals surface area (Å²) in [5, 5.41) is 15.7. The third-order valence-electron chi connectivity index (χ3n) is 5.05. The molecule has 3 aromatic rings. The Morgan fingerprint density at radius 1 is 1.06 bits per heavy atom. The second-order valence-electron chi connectivity index (χ2n) is 7.13. The van der Waals surface area contributed by atoms with Gasteiger partial charge in [0.05, 0.1) is 18.8 Å². The topological polar surface area (TPSA) is 88.4 Å². The molecule has 162 valence electrons. The van der Waals surface area contributed by atoms with E-state index in [0.717, 1.165) is 36.0 Å². The van der Waals surface area contributed by atoms with Gasteiger partial charge in [-0.3, -0.25) is 4.90 Å². The molecule has 0 atom stereocenters. The zero-order valence-electron chi connectivity index (χ0n) is 17.2. The van der Waals surface area contributed by atoms with Crippen LogP contribution in [-0.4, -0.2) is 68.8 Å². The number of nitrogens with one attached hydrogen (secondary N) is 1. The predicted molar refractivity (Wildman–Crippen MR) is 118 cm³/mol. The summed E-state index contributed by atoms with van der Waals surface area (Å²) in [4.78, 5) is 16.6. The summed E-state index contributed by atoms with van der Waals surface area (Å²) in [7, 11) is 0. The summed E-state index contributed by atoms with van der Waals surface area (Å²) < 4.78 is 7.22. The van der Waals surface area contributed by atoms with E-state index < -0.39 is 0 Å². The van der Waals surface area contributed by atoms with Crippen LogP contribution < -0.4 is 10.1 Å². The zero-order chi connectivity index (χ0) is 21.6. The molecule has 1 aliphatic heterocycles. The quantitative estimate of drug-likeness (QED) is 0.632. The molecule has 2 heterocycles. The molecule has 1 aliphatic rings. The van der Waals surface area contributed by atoms with Crippen molar-refractivity contribution in [2.45, 2.75) is 13.5 Å². The number of benzene rings is 2. The van der Waals surface area contributed by atoms with E-state index in [1.54, 1.807) is 33.8 Å². The summed E-state index contributed by atoms with van der Waals surface area (Å²) in [6.07, 6.45) is 0. The lowest BCUT2D eigenvalue weighted by Crippen LogP contribution is -2.49. The van der Waals surface area contributed by atoms with Gasteiger partial charge in [0, 0.05) is 36.9 Å². The maximum absolute atomic E-state index is 12.5. The Kier molecular flexibility index (Phi) is 6.63. The van der Waals surface area contributed by atoms with Gasteiger partial charge in [0.15, 0.2) is 5.82 Å². The molecule has 1 aromatic heterocycles. The fourth-order valence-corrected chi connectivity index (χ4v) is 3.53. The molecule has 10 heteroatoms. The van der Waals surface area contributed by atoms with Gasteiger partial charge in [-0.25, -0.2) is 4.79 Å². The lowest BCUT2D eigenvalue weighted by Gasteiger charge is -2.34. The molecule has 2 aromatic carbocycles. The molecule has 0 aliphatic carbocycles. The van der Waals surface area contributed by atoms with Crippen molar-refractivity contribution >= 4 is 23.3 Å². The van der Waals surface area contributed by atoms with Crippen molar-refractivity contribution in [3.8, 4) is 11.4 Å². The fourth-order valence-electron chi connectivity index (χ4n) is 3.40. The molecule has 0 unspecified atom stereocenters. The third kappa shape index (κ3) is 5.31. The number of halogens is 1. The highest BCUT2D eigenvalue weighted by molar-refractivity contribution is 6.30. The smallest absolute Gasteiger partial charge is 0.321 e. The number of hydrogen-bond donors (Lipinski definition) is 1. The van der Waals surface area contributed by atoms with Gasteiger partial charge < -0.3 is 15.0 Å². The van der Waals surface area contributed by atoms with Gasteiger partial charge in [-0.2, -0.15) is 4.68 Å². The SMILES string of the molecule is CCOc1ccc(-n2nnnc2CN2CCN(C(=O)Nc3ccc(Cl)cc3)CC2)cc1. The fraction of sp³-hybridized carbons (Fsp3) is 0.333. The van der Waals surface area contributed by atoms with Gasteiger partial charge in [-0.05, 0) is 65.9 Å². The van der Waals surface area contributed by atoms with Gasteiger partial charge in [0.1, 0.15) is 5.75 Å². The number of hydrogen-bond acceptors (Lipinski definition) is 6. The number of nitrogens with zero attached hydrogens (tertiary/aromatic N) is 6. The second kappa shape index (κ2) is 9.76. The summed E-state index contributed by atoms with van der Waals surface area (Å²) in [6.45, 7) is 5.92. The van der Waals surface area contributed by atoms with Crippen LogP contribution in [0, 0.1) is 0 Å². The van der Waals surface area contributed by atoms with E-state index in [9.17, 15) is 4.79 Å². The number of carbonyl (C=O) groups excluding carboxylic acids is 1. The minimum Gasteiger partial charge on any atom is -0.494 e. The maximum atomic E-state index is 12.5. The van der Waals surface area contributed by atoms with Crippen molar-refractivity contribution in [3.63, 3.8) is 0 Å². The van der Waals surface area contributed by atoms with Crippen LogP contribution in [0.4, 0.5) is 10.5 Å². The standard InChI is InChI=1S/C21H24ClN7O2/c1-2-31-19-9-7-18(8-10-19)29-20(24-25-26-29)15-27-11-13-28(14-12-27)21(30)23-17-5-3-16(22)4-6-17/h3-10H,2,11-15H2,1H3,(H,23,30). The molecule has 2 amide bonds. The van der Waals surface area contributed by atoms with Gasteiger partial charge in [0.25, 0.3) is 0 Å². The summed E-state index contributed by atoms with van der Waals surface area (Å²) in [6, 6.07) is 14.7. The summed E-state index contributed by atoms with van der Waals surface area (Å²) in [5.74, 6) is 1.57. The molecule has 0 saturated carbocycles. The van der Waals surface area contributed by atoms with Crippen LogP contribution in [0.5, 0.6) is 5.75 Å². The number of aromatic nitrogens is 4. The van der Waals surface area contributed by atoms with Gasteiger partial charge in [-0.15, -0.1) is 5.10 Å². The average Bonchev–Trinajstić information content (AvgIpc) is 3.25. The van der Waals surface area contributed by atoms with Gasteiger partial charge >= 0.3 is 6.03 Å². The van der Waals surface area contributed by atoms with Crippen LogP contribution in [-0.2, 0) is 6.54 Å². The van der Waals surface area contributed by atoms with Gasteiger partial charge in [-0.1, -0.05) is 11.6 Å². The van der Waals surface area contributed by atoms with Gasteiger partial charge in [0.2, 0.25) is 0 Å². The Labute approximate surface area is 185 Å². The first-order valence-electron chi connectivity index (χ1n) is 10.2. The number of anilines is 1. The normalized spacial score (nSPS) is 14.5. The summed E-state index contributed by atoms with van der Waals surface area (Å²) in [5.41, 5.74) is 1.61. The Morgan fingerprint density at radius 2 is 1.77 bits per heavy atom. The number of piperazine rings is 1. The van der Waals surface area contributed by atoms with Crippen LogP contribution in [0.3, 0.4) is 0 Å². The van der Waals surface area contributed by atoms with E-state index in [1.807, 2.05) is 31.2 Å². The second-order valence-corrected chi connectivity index (χ2v) is 7.57. The third-order valence-corrected chi connectivity index (χ3v) is 5.30. The van der Waals surface area contributed by atoms with Crippen molar-refractivity contribution in [1.82, 2.24) is 30.0 Å². The number of carbonyl (C=O) groups is 1. The van der Waals surface area contributed by atoms with Crippen molar-refractivity contribution < 1.29 is 9.53 Å². The highest BCUT2D eigenvalue weighted by atomic mass is 35.5. The lowest BCUT2D eigenvalue weighted by atomic mass is 10.3. The minimum absolute atomic E-state index is 0.110. The molecule has 1 saturated heterocycles. The van der Waals surface area contributed by atoms with E-state index in [2.05, 4.69) is 25.7 Å². The van der Waals surface area contributed by atoms with Crippen LogP contribution >= 0.6 is 11.6 Å². The van der Waals surface area contributed by atoms with E-state index in [-0.39, 0.29) is 6.03 Å². The molecule has 0 spiro atoms. The monoisotopic (exact) mass is 441 g/mol. The van der Waals surface area contributed by atoms with E-state index in [4.69, 9.17) is 16.3 Å². The first-order valence-corrected chi connectivity index (χ1v) is 10.5. The Balaban J connectivity index is 1.32. The average molecular weight is 442 g/mol. The highest BCUT2D eigenvalue weighted by Crippen LogP contribution is 2.17. The number of amides is 2. The van der Waals surface area contributed by atoms with Crippen molar-refractivity contribution in [1.29, 1.82) is 0 Å². The Morgan fingerprint density at radius 3 is 2.45 bits per heavy atom. The molecule has 9 nitrogen and oxygen atoms in total. The summed E-state index contributed by atoms with van der Waals surface area (Å²) >= 11 is 5.89. The zero-order valence-corrected chi connectivity index (χ0v) is 18.0. The largest absolute Gasteiger partial charge is 0.494 e. The first-order chi connectivity index (χ1) is 15.1. The first kappa shape index (κ1) is 21.1. The minimum atomic E-state index is -0.110. The Hall–Kier alpha value is -3.17. The highest BCUT2D eigenvalue weighted by Gasteiger charge is 2.23. The number of rotatable bonds is 6. The van der Waals surface area contributed by atoms with Crippen LogP contribution in [0.2, 0.25) is 5.02 Å². The number of urea groups is 1. The molecular weight excluding hydrogens is 418 g/mol. The molecule has 1 fully saturated rings. The molecule has 0 bridgehead atoms. The van der Waals surface area contributed by atoms with Crippen LogP contribution in [0.25, 0.3) is 5.69 Å². The van der Waals surface area contributed by atoms with Crippen molar-refractivity contribution in [2.24, 2.45) is 0 Å². The lowest BCUT2D eigenvalue weighted by molar-refractivity contribution is 0.140. The predicted octanol–water partition coefficient (Wildman–Crippen LogP) is 3.06. The van der Waals surface area contributed by atoms with E-state index in [1.165, 1.54) is 0 Å².